The zero-order valence-corrected chi connectivity index (χ0v) is 16.3. The van der Waals surface area contributed by atoms with Crippen molar-refractivity contribution in [2.24, 2.45) is 11.8 Å². The van der Waals surface area contributed by atoms with E-state index in [1.54, 1.807) is 0 Å². The molecule has 1 aromatic heterocycles. The third-order valence-corrected chi connectivity index (χ3v) is 6.55. The molecule has 142 valence electrons. The number of nitrogens with zero attached hydrogens (tertiary/aromatic N) is 1. The number of nitrogens with one attached hydrogen (secondary N) is 1. The lowest BCUT2D eigenvalue weighted by Gasteiger charge is -2.23. The summed E-state index contributed by atoms with van der Waals surface area (Å²) in [6, 6.07) is 6.18. The highest BCUT2D eigenvalue weighted by Crippen LogP contribution is 2.44. The third-order valence-electron chi connectivity index (χ3n) is 5.67. The van der Waals surface area contributed by atoms with Crippen LogP contribution in [0.4, 0.5) is 5.13 Å². The van der Waals surface area contributed by atoms with Crippen LogP contribution in [-0.2, 0) is 14.3 Å². The topological polar surface area (TPSA) is 88.5 Å². The first-order valence-electron chi connectivity index (χ1n) is 9.09. The molecule has 2 fully saturated rings. The summed E-state index contributed by atoms with van der Waals surface area (Å²) >= 11 is 1.40. The standard InChI is InChI=1S/C20H22N2O4S/c1-9-4-5-12(8-10(9)2)17-11(3)27-20(21-17)22-18(23)15-13-6-7-14(26-13)16(15)19(24)25/h4-5,8,13-16H,6-7H2,1-3H3,(H,24,25)(H,21,22,23)/t13-,14-,15+,16-/m1/s1. The van der Waals surface area contributed by atoms with Crippen molar-refractivity contribution in [3.05, 3.63) is 34.2 Å². The van der Waals surface area contributed by atoms with E-state index in [2.05, 4.69) is 36.3 Å². The van der Waals surface area contributed by atoms with Gasteiger partial charge in [-0.05, 0) is 50.8 Å². The number of aliphatic carboxylic acids is 1. The maximum absolute atomic E-state index is 12.8. The molecule has 0 unspecified atom stereocenters. The Kier molecular flexibility index (Phi) is 4.52. The highest BCUT2D eigenvalue weighted by atomic mass is 32.1. The van der Waals surface area contributed by atoms with Gasteiger partial charge in [0.1, 0.15) is 0 Å². The van der Waals surface area contributed by atoms with Crippen molar-refractivity contribution >= 4 is 28.3 Å². The first-order valence-corrected chi connectivity index (χ1v) is 9.91. The van der Waals surface area contributed by atoms with Crippen LogP contribution in [0.1, 0.15) is 28.8 Å². The summed E-state index contributed by atoms with van der Waals surface area (Å²) in [6.07, 6.45) is 0.777. The van der Waals surface area contributed by atoms with Crippen molar-refractivity contribution in [3.63, 3.8) is 0 Å². The molecule has 3 heterocycles. The van der Waals surface area contributed by atoms with Crippen LogP contribution in [0.25, 0.3) is 11.3 Å². The van der Waals surface area contributed by atoms with Gasteiger partial charge in [-0.25, -0.2) is 4.98 Å². The molecular formula is C20H22N2O4S. The minimum atomic E-state index is -0.964. The number of ether oxygens (including phenoxy) is 1. The Morgan fingerprint density at radius 2 is 1.85 bits per heavy atom. The number of aryl methyl sites for hydroxylation is 3. The van der Waals surface area contributed by atoms with E-state index in [0.717, 1.165) is 22.6 Å². The predicted molar refractivity (Wildman–Crippen MR) is 103 cm³/mol. The van der Waals surface area contributed by atoms with Gasteiger partial charge in [0.2, 0.25) is 5.91 Å². The van der Waals surface area contributed by atoms with E-state index in [0.29, 0.717) is 11.6 Å². The van der Waals surface area contributed by atoms with Crippen LogP contribution in [0.3, 0.4) is 0 Å². The number of hydrogen-bond donors (Lipinski definition) is 2. The number of carboxylic acids is 1. The van der Waals surface area contributed by atoms with Gasteiger partial charge in [-0.15, -0.1) is 11.3 Å². The maximum Gasteiger partial charge on any atom is 0.310 e. The predicted octanol–water partition coefficient (Wildman–Crippen LogP) is 3.55. The molecule has 4 rings (SSSR count). The van der Waals surface area contributed by atoms with E-state index in [1.165, 1.54) is 22.5 Å². The molecule has 2 aromatic rings. The SMILES string of the molecule is Cc1ccc(-c2nc(NC(=O)[C@@H]3[C@H](C(=O)O)[C@H]4CC[C@H]3O4)sc2C)cc1C. The molecule has 2 N–H and O–H groups in total. The lowest BCUT2D eigenvalue weighted by molar-refractivity contribution is -0.147. The van der Waals surface area contributed by atoms with E-state index in [-0.39, 0.29) is 18.1 Å². The minimum absolute atomic E-state index is 0.309. The molecule has 4 atom stereocenters. The molecule has 2 aliphatic heterocycles. The summed E-state index contributed by atoms with van der Waals surface area (Å²) < 4.78 is 5.68. The van der Waals surface area contributed by atoms with Gasteiger partial charge >= 0.3 is 5.97 Å². The summed E-state index contributed by atoms with van der Waals surface area (Å²) in [7, 11) is 0. The average molecular weight is 386 g/mol. The highest BCUT2D eigenvalue weighted by molar-refractivity contribution is 7.16. The van der Waals surface area contributed by atoms with Gasteiger partial charge in [-0.1, -0.05) is 12.1 Å². The van der Waals surface area contributed by atoms with Gasteiger partial charge in [-0.3, -0.25) is 9.59 Å². The molecular weight excluding hydrogens is 364 g/mol. The number of amides is 1. The van der Waals surface area contributed by atoms with Gasteiger partial charge in [0.15, 0.2) is 5.13 Å². The van der Waals surface area contributed by atoms with Crippen molar-refractivity contribution in [1.29, 1.82) is 0 Å². The molecule has 2 bridgehead atoms. The van der Waals surface area contributed by atoms with Crippen LogP contribution in [0.5, 0.6) is 0 Å². The molecule has 1 aromatic carbocycles. The van der Waals surface area contributed by atoms with E-state index in [4.69, 9.17) is 4.74 Å². The Hall–Kier alpha value is -2.25. The largest absolute Gasteiger partial charge is 0.481 e. The fourth-order valence-corrected chi connectivity index (χ4v) is 4.96. The van der Waals surface area contributed by atoms with Crippen LogP contribution >= 0.6 is 11.3 Å². The second-order valence-corrected chi connectivity index (χ2v) is 8.60. The fraction of sp³-hybridized carbons (Fsp3) is 0.450. The molecule has 2 saturated heterocycles. The van der Waals surface area contributed by atoms with Gasteiger partial charge in [0, 0.05) is 10.4 Å². The lowest BCUT2D eigenvalue weighted by Crippen LogP contribution is -2.40. The zero-order valence-electron chi connectivity index (χ0n) is 15.5. The molecule has 1 amide bonds. The number of carbonyl (C=O) groups excluding carboxylic acids is 1. The fourth-order valence-electron chi connectivity index (χ4n) is 4.12. The quantitative estimate of drug-likeness (QED) is 0.839. The molecule has 27 heavy (non-hydrogen) atoms. The van der Waals surface area contributed by atoms with Crippen molar-refractivity contribution in [3.8, 4) is 11.3 Å². The number of hydrogen-bond acceptors (Lipinski definition) is 5. The van der Waals surface area contributed by atoms with Crippen LogP contribution in [0.15, 0.2) is 18.2 Å². The Balaban J connectivity index is 1.56. The van der Waals surface area contributed by atoms with Gasteiger partial charge in [-0.2, -0.15) is 0 Å². The number of carboxylic acid groups (broad SMARTS) is 1. The number of rotatable bonds is 4. The lowest BCUT2D eigenvalue weighted by atomic mass is 9.79. The number of carbonyl (C=O) groups is 2. The summed E-state index contributed by atoms with van der Waals surface area (Å²) in [4.78, 5) is 30.0. The Labute approximate surface area is 161 Å². The van der Waals surface area contributed by atoms with Crippen molar-refractivity contribution < 1.29 is 19.4 Å². The number of aromatic nitrogens is 1. The second kappa shape index (κ2) is 6.73. The average Bonchev–Trinajstić information content (AvgIpc) is 3.31. The van der Waals surface area contributed by atoms with Crippen molar-refractivity contribution in [1.82, 2.24) is 4.98 Å². The smallest absolute Gasteiger partial charge is 0.310 e. The molecule has 0 saturated carbocycles. The number of benzene rings is 1. The molecule has 6 nitrogen and oxygen atoms in total. The minimum Gasteiger partial charge on any atom is -0.481 e. The summed E-state index contributed by atoms with van der Waals surface area (Å²) in [5.41, 5.74) is 4.27. The van der Waals surface area contributed by atoms with Crippen molar-refractivity contribution in [2.75, 3.05) is 5.32 Å². The second-order valence-electron chi connectivity index (χ2n) is 7.39. The number of fused-ring (bicyclic) bond motifs is 2. The molecule has 0 aliphatic carbocycles. The van der Waals surface area contributed by atoms with Crippen LogP contribution in [0.2, 0.25) is 0 Å². The zero-order chi connectivity index (χ0) is 19.3. The van der Waals surface area contributed by atoms with Gasteiger partial charge in [0.25, 0.3) is 0 Å². The Bertz CT molecular complexity index is 923. The summed E-state index contributed by atoms with van der Waals surface area (Å²) in [5, 5.41) is 12.8. The maximum atomic E-state index is 12.8. The molecule has 0 spiro atoms. The van der Waals surface area contributed by atoms with Crippen LogP contribution < -0.4 is 5.32 Å². The van der Waals surface area contributed by atoms with E-state index in [1.807, 2.05) is 13.0 Å². The molecule has 2 aliphatic rings. The van der Waals surface area contributed by atoms with Gasteiger partial charge in [0.05, 0.1) is 29.7 Å². The van der Waals surface area contributed by atoms with E-state index < -0.39 is 17.8 Å². The Morgan fingerprint density at radius 3 is 2.52 bits per heavy atom. The summed E-state index contributed by atoms with van der Waals surface area (Å²) in [6.45, 7) is 6.10. The normalized spacial score (nSPS) is 26.3. The van der Waals surface area contributed by atoms with Crippen LogP contribution in [0, 0.1) is 32.6 Å². The molecule has 7 heteroatoms. The third kappa shape index (κ3) is 3.15. The summed E-state index contributed by atoms with van der Waals surface area (Å²) in [5.74, 6) is -2.71. The van der Waals surface area contributed by atoms with E-state index >= 15 is 0 Å². The van der Waals surface area contributed by atoms with E-state index in [9.17, 15) is 14.7 Å². The van der Waals surface area contributed by atoms with Crippen LogP contribution in [-0.4, -0.2) is 34.2 Å². The van der Waals surface area contributed by atoms with Crippen molar-refractivity contribution in [2.45, 2.75) is 45.8 Å². The van der Waals surface area contributed by atoms with Gasteiger partial charge < -0.3 is 15.2 Å². The number of thiazole rings is 1. The number of anilines is 1. The first-order chi connectivity index (χ1) is 12.8. The monoisotopic (exact) mass is 386 g/mol. The molecule has 0 radical (unpaired) electrons. The highest BCUT2D eigenvalue weighted by Gasteiger charge is 2.55. The first kappa shape index (κ1) is 18.1. The Morgan fingerprint density at radius 1 is 1.15 bits per heavy atom.